The molecule has 0 saturated carbocycles. The topological polar surface area (TPSA) is 77.1 Å². The van der Waals surface area contributed by atoms with Crippen LogP contribution in [-0.2, 0) is 9.53 Å². The lowest BCUT2D eigenvalue weighted by Crippen LogP contribution is -2.43. The second kappa shape index (κ2) is 9.88. The summed E-state index contributed by atoms with van der Waals surface area (Å²) >= 11 is 0. The van der Waals surface area contributed by atoms with E-state index in [9.17, 15) is 14.0 Å². The Kier molecular flexibility index (Phi) is 7.02. The Morgan fingerprint density at radius 2 is 1.79 bits per heavy atom. The standard InChI is InChI=1S/C21H23FN2O5/c1-2-28-19-13-15(21(26)23-17-6-4-16(22)5-7-17)3-8-18(19)29-14-20(25)24-9-11-27-12-10-24/h3-8,13H,2,9-12,14H2,1H3,(H,23,26). The molecular formula is C21H23FN2O5. The van der Waals surface area contributed by atoms with Crippen molar-refractivity contribution in [3.8, 4) is 11.5 Å². The SMILES string of the molecule is CCOc1cc(C(=O)Nc2ccc(F)cc2)ccc1OCC(=O)N1CCOCC1. The average molecular weight is 402 g/mol. The second-order valence-corrected chi connectivity index (χ2v) is 6.34. The molecule has 0 radical (unpaired) electrons. The van der Waals surface area contributed by atoms with Crippen molar-refractivity contribution in [2.24, 2.45) is 0 Å². The van der Waals surface area contributed by atoms with Gasteiger partial charge >= 0.3 is 0 Å². The number of amides is 2. The van der Waals surface area contributed by atoms with Crippen LogP contribution in [0.15, 0.2) is 42.5 Å². The summed E-state index contributed by atoms with van der Waals surface area (Å²) < 4.78 is 29.5. The summed E-state index contributed by atoms with van der Waals surface area (Å²) in [6.45, 7) is 4.19. The minimum atomic E-state index is -0.380. The molecule has 29 heavy (non-hydrogen) atoms. The summed E-state index contributed by atoms with van der Waals surface area (Å²) in [6, 6.07) is 10.2. The minimum Gasteiger partial charge on any atom is -0.490 e. The predicted molar refractivity (Wildman–Crippen MR) is 105 cm³/mol. The molecule has 1 N–H and O–H groups in total. The Labute approximate surface area is 168 Å². The zero-order valence-corrected chi connectivity index (χ0v) is 16.2. The van der Waals surface area contributed by atoms with Gasteiger partial charge in [0.15, 0.2) is 18.1 Å². The Morgan fingerprint density at radius 3 is 2.48 bits per heavy atom. The minimum absolute atomic E-state index is 0.124. The molecule has 0 aromatic heterocycles. The van der Waals surface area contributed by atoms with Crippen LogP contribution in [0.1, 0.15) is 17.3 Å². The zero-order valence-electron chi connectivity index (χ0n) is 16.2. The first kappa shape index (κ1) is 20.6. The summed E-state index contributed by atoms with van der Waals surface area (Å²) in [5, 5.41) is 2.69. The number of rotatable bonds is 7. The van der Waals surface area contributed by atoms with E-state index in [4.69, 9.17) is 14.2 Å². The van der Waals surface area contributed by atoms with Crippen LogP contribution in [0.3, 0.4) is 0 Å². The fourth-order valence-electron chi connectivity index (χ4n) is 2.82. The fourth-order valence-corrected chi connectivity index (χ4v) is 2.82. The van der Waals surface area contributed by atoms with Gasteiger partial charge in [0.25, 0.3) is 11.8 Å². The molecular weight excluding hydrogens is 379 g/mol. The van der Waals surface area contributed by atoms with Crippen LogP contribution in [0.5, 0.6) is 11.5 Å². The monoisotopic (exact) mass is 402 g/mol. The maximum Gasteiger partial charge on any atom is 0.260 e. The molecule has 0 aliphatic carbocycles. The first-order chi connectivity index (χ1) is 14.1. The molecule has 1 aliphatic heterocycles. The fraction of sp³-hybridized carbons (Fsp3) is 0.333. The molecule has 1 heterocycles. The van der Waals surface area contributed by atoms with Gasteiger partial charge in [-0.25, -0.2) is 4.39 Å². The Balaban J connectivity index is 1.66. The van der Waals surface area contributed by atoms with Crippen LogP contribution in [-0.4, -0.2) is 56.2 Å². The molecule has 1 fully saturated rings. The van der Waals surface area contributed by atoms with Gasteiger partial charge in [-0.2, -0.15) is 0 Å². The molecule has 1 saturated heterocycles. The first-order valence-corrected chi connectivity index (χ1v) is 9.39. The van der Waals surface area contributed by atoms with Crippen molar-refractivity contribution in [3.63, 3.8) is 0 Å². The molecule has 154 valence electrons. The molecule has 0 unspecified atom stereocenters. The van der Waals surface area contributed by atoms with E-state index in [0.717, 1.165) is 0 Å². The van der Waals surface area contributed by atoms with E-state index in [2.05, 4.69) is 5.32 Å². The van der Waals surface area contributed by atoms with Gasteiger partial charge in [-0.3, -0.25) is 9.59 Å². The number of anilines is 1. The van der Waals surface area contributed by atoms with E-state index < -0.39 is 0 Å². The highest BCUT2D eigenvalue weighted by Gasteiger charge is 2.18. The van der Waals surface area contributed by atoms with Gasteiger partial charge in [-0.05, 0) is 49.4 Å². The quantitative estimate of drug-likeness (QED) is 0.771. The molecule has 0 atom stereocenters. The number of nitrogens with one attached hydrogen (secondary N) is 1. The number of hydrogen-bond donors (Lipinski definition) is 1. The van der Waals surface area contributed by atoms with Crippen molar-refractivity contribution >= 4 is 17.5 Å². The van der Waals surface area contributed by atoms with Gasteiger partial charge in [0.1, 0.15) is 5.82 Å². The number of morpholine rings is 1. The van der Waals surface area contributed by atoms with Gasteiger partial charge in [-0.1, -0.05) is 0 Å². The van der Waals surface area contributed by atoms with E-state index in [0.29, 0.717) is 55.7 Å². The number of hydrogen-bond acceptors (Lipinski definition) is 5. The third-order valence-electron chi connectivity index (χ3n) is 4.32. The van der Waals surface area contributed by atoms with Crippen molar-refractivity contribution in [1.82, 2.24) is 4.90 Å². The van der Waals surface area contributed by atoms with E-state index in [1.165, 1.54) is 24.3 Å². The largest absolute Gasteiger partial charge is 0.490 e. The lowest BCUT2D eigenvalue weighted by molar-refractivity contribution is -0.137. The number of benzene rings is 2. The smallest absolute Gasteiger partial charge is 0.260 e. The summed E-state index contributed by atoms with van der Waals surface area (Å²) in [5.41, 5.74) is 0.829. The van der Waals surface area contributed by atoms with Crippen molar-refractivity contribution in [1.29, 1.82) is 0 Å². The second-order valence-electron chi connectivity index (χ2n) is 6.34. The third kappa shape index (κ3) is 5.68. The maximum absolute atomic E-state index is 13.0. The number of nitrogens with zero attached hydrogens (tertiary/aromatic N) is 1. The lowest BCUT2D eigenvalue weighted by atomic mass is 10.1. The van der Waals surface area contributed by atoms with E-state index in [1.54, 1.807) is 23.1 Å². The molecule has 0 bridgehead atoms. The Morgan fingerprint density at radius 1 is 1.07 bits per heavy atom. The van der Waals surface area contributed by atoms with Gasteiger partial charge in [0, 0.05) is 24.3 Å². The van der Waals surface area contributed by atoms with E-state index in [1.807, 2.05) is 6.92 Å². The van der Waals surface area contributed by atoms with Crippen molar-refractivity contribution < 1.29 is 28.2 Å². The molecule has 3 rings (SSSR count). The summed E-state index contributed by atoms with van der Waals surface area (Å²) in [4.78, 5) is 26.4. The number of carbonyl (C=O) groups is 2. The number of ether oxygens (including phenoxy) is 3. The van der Waals surface area contributed by atoms with Crippen LogP contribution < -0.4 is 14.8 Å². The summed E-state index contributed by atoms with van der Waals surface area (Å²) in [7, 11) is 0. The van der Waals surface area contributed by atoms with Crippen LogP contribution in [0.4, 0.5) is 10.1 Å². The predicted octanol–water partition coefficient (Wildman–Crippen LogP) is 2.71. The molecule has 7 nitrogen and oxygen atoms in total. The highest BCUT2D eigenvalue weighted by molar-refractivity contribution is 6.04. The van der Waals surface area contributed by atoms with Gasteiger partial charge in [-0.15, -0.1) is 0 Å². The van der Waals surface area contributed by atoms with Gasteiger partial charge < -0.3 is 24.4 Å². The summed E-state index contributed by atoms with van der Waals surface area (Å²) in [5.74, 6) is -0.127. The highest BCUT2D eigenvalue weighted by Crippen LogP contribution is 2.29. The van der Waals surface area contributed by atoms with Crippen LogP contribution in [0.25, 0.3) is 0 Å². The number of halogens is 1. The van der Waals surface area contributed by atoms with Crippen molar-refractivity contribution in [2.45, 2.75) is 6.92 Å². The molecule has 0 spiro atoms. The van der Waals surface area contributed by atoms with Crippen LogP contribution >= 0.6 is 0 Å². The Hall–Kier alpha value is -3.13. The van der Waals surface area contributed by atoms with Crippen molar-refractivity contribution in [3.05, 3.63) is 53.8 Å². The molecule has 2 aromatic carbocycles. The highest BCUT2D eigenvalue weighted by atomic mass is 19.1. The Bertz CT molecular complexity index is 851. The molecule has 1 aliphatic rings. The van der Waals surface area contributed by atoms with Gasteiger partial charge in [0.2, 0.25) is 0 Å². The normalized spacial score (nSPS) is 13.7. The maximum atomic E-state index is 13.0. The average Bonchev–Trinajstić information content (AvgIpc) is 2.75. The zero-order chi connectivity index (χ0) is 20.6. The van der Waals surface area contributed by atoms with Crippen molar-refractivity contribution in [2.75, 3.05) is 44.8 Å². The van der Waals surface area contributed by atoms with Gasteiger partial charge in [0.05, 0.1) is 19.8 Å². The molecule has 2 aromatic rings. The van der Waals surface area contributed by atoms with E-state index >= 15 is 0 Å². The first-order valence-electron chi connectivity index (χ1n) is 9.39. The molecule has 2 amide bonds. The molecule has 8 heteroatoms. The summed E-state index contributed by atoms with van der Waals surface area (Å²) in [6.07, 6.45) is 0. The van der Waals surface area contributed by atoms with Crippen LogP contribution in [0.2, 0.25) is 0 Å². The number of carbonyl (C=O) groups excluding carboxylic acids is 2. The lowest BCUT2D eigenvalue weighted by Gasteiger charge is -2.26. The van der Waals surface area contributed by atoms with Crippen LogP contribution in [0, 0.1) is 5.82 Å². The van der Waals surface area contributed by atoms with E-state index in [-0.39, 0.29) is 24.2 Å². The third-order valence-corrected chi connectivity index (χ3v) is 4.32.